The van der Waals surface area contributed by atoms with Gasteiger partial charge in [-0.25, -0.2) is 9.59 Å². The third-order valence-corrected chi connectivity index (χ3v) is 4.90. The van der Waals surface area contributed by atoms with Crippen LogP contribution >= 0.6 is 0 Å². The van der Waals surface area contributed by atoms with E-state index in [4.69, 9.17) is 9.47 Å². The number of nitrogens with zero attached hydrogens (tertiary/aromatic N) is 2. The van der Waals surface area contributed by atoms with Gasteiger partial charge in [0.05, 0.1) is 40.4 Å². The monoisotopic (exact) mass is 441 g/mol. The number of ether oxygens (including phenoxy) is 2. The molecule has 1 aliphatic heterocycles. The number of imidazole rings is 1. The summed E-state index contributed by atoms with van der Waals surface area (Å²) in [6.45, 7) is 1.37. The number of rotatable bonds is 6. The molecule has 166 valence electrons. The number of anilines is 2. The van der Waals surface area contributed by atoms with Crippen LogP contribution < -0.4 is 15.9 Å². The van der Waals surface area contributed by atoms with E-state index >= 15 is 0 Å². The average Bonchev–Trinajstić information content (AvgIpc) is 3.17. The van der Waals surface area contributed by atoms with E-state index in [1.807, 2.05) is 4.90 Å². The van der Waals surface area contributed by atoms with Crippen molar-refractivity contribution in [3.05, 3.63) is 62.6 Å². The van der Waals surface area contributed by atoms with E-state index in [1.165, 1.54) is 12.1 Å². The van der Waals surface area contributed by atoms with Crippen molar-refractivity contribution < 1.29 is 24.0 Å². The molecule has 4 rings (SSSR count). The molecule has 0 atom stereocenters. The Bertz CT molecular complexity index is 1240. The summed E-state index contributed by atoms with van der Waals surface area (Å²) in [5.74, 6) is -1.45. The Balaban J connectivity index is 1.46. The zero-order valence-electron chi connectivity index (χ0n) is 16.8. The number of aromatic nitrogens is 2. The van der Waals surface area contributed by atoms with Crippen LogP contribution in [0.15, 0.2) is 41.2 Å². The number of carbonyl (C=O) groups is 2. The van der Waals surface area contributed by atoms with Crippen molar-refractivity contribution in [2.75, 3.05) is 43.1 Å². The number of hydrogen-bond acceptors (Lipinski definition) is 8. The molecule has 1 aliphatic rings. The Hall–Kier alpha value is -4.19. The number of benzene rings is 2. The van der Waals surface area contributed by atoms with Gasteiger partial charge < -0.3 is 29.7 Å². The molecule has 1 amide bonds. The lowest BCUT2D eigenvalue weighted by Gasteiger charge is -2.30. The number of fused-ring (bicyclic) bond motifs is 1. The standard InChI is InChI=1S/C20H19N5O7/c26-18(21-12-1-3-15-16(9-12)23-20(28)22-15)11-32-19(27)14-10-13(25(29)30)2-4-17(14)24-5-7-31-8-6-24/h1-4,9-10H,5-8,11H2,(H,21,26)(H2,22,23,28). The highest BCUT2D eigenvalue weighted by Crippen LogP contribution is 2.27. The van der Waals surface area contributed by atoms with Gasteiger partial charge in [-0.2, -0.15) is 0 Å². The number of carbonyl (C=O) groups excluding carboxylic acids is 2. The first kappa shape index (κ1) is 21.1. The summed E-state index contributed by atoms with van der Waals surface area (Å²) in [5, 5.41) is 13.7. The van der Waals surface area contributed by atoms with Gasteiger partial charge >= 0.3 is 11.7 Å². The van der Waals surface area contributed by atoms with Crippen LogP contribution in [0.1, 0.15) is 10.4 Å². The summed E-state index contributed by atoms with van der Waals surface area (Å²) >= 11 is 0. The zero-order valence-corrected chi connectivity index (χ0v) is 16.8. The van der Waals surface area contributed by atoms with E-state index in [-0.39, 0.29) is 16.9 Å². The van der Waals surface area contributed by atoms with Crippen molar-refractivity contribution in [3.63, 3.8) is 0 Å². The highest BCUT2D eigenvalue weighted by Gasteiger charge is 2.23. The quantitative estimate of drug-likeness (QED) is 0.294. The Kier molecular flexibility index (Phi) is 5.85. The van der Waals surface area contributed by atoms with Crippen LogP contribution in [-0.4, -0.2) is 59.7 Å². The fourth-order valence-electron chi connectivity index (χ4n) is 3.40. The van der Waals surface area contributed by atoms with Crippen molar-refractivity contribution in [2.24, 2.45) is 0 Å². The number of nitrogens with one attached hydrogen (secondary N) is 3. The van der Waals surface area contributed by atoms with E-state index in [0.717, 1.165) is 6.07 Å². The largest absolute Gasteiger partial charge is 0.452 e. The van der Waals surface area contributed by atoms with E-state index in [2.05, 4.69) is 15.3 Å². The third-order valence-electron chi connectivity index (χ3n) is 4.90. The Morgan fingerprint density at radius 1 is 1.12 bits per heavy atom. The lowest BCUT2D eigenvalue weighted by Crippen LogP contribution is -2.37. The van der Waals surface area contributed by atoms with Crippen molar-refractivity contribution in [1.29, 1.82) is 0 Å². The summed E-state index contributed by atoms with van der Waals surface area (Å²) in [6, 6.07) is 8.71. The summed E-state index contributed by atoms with van der Waals surface area (Å²) in [4.78, 5) is 53.9. The van der Waals surface area contributed by atoms with E-state index in [1.54, 1.807) is 18.2 Å². The normalized spacial score (nSPS) is 13.7. The highest BCUT2D eigenvalue weighted by atomic mass is 16.6. The predicted octanol–water partition coefficient (Wildman–Crippen LogP) is 1.40. The summed E-state index contributed by atoms with van der Waals surface area (Å²) in [5.41, 5.74) is 1.35. The second-order valence-corrected chi connectivity index (χ2v) is 7.02. The smallest absolute Gasteiger partial charge is 0.341 e. The summed E-state index contributed by atoms with van der Waals surface area (Å²) in [7, 11) is 0. The number of morpholine rings is 1. The van der Waals surface area contributed by atoms with Gasteiger partial charge in [-0.05, 0) is 24.3 Å². The number of nitro benzene ring substituents is 1. The Labute approximate surface area is 180 Å². The molecule has 0 radical (unpaired) electrons. The molecule has 1 saturated heterocycles. The van der Waals surface area contributed by atoms with Gasteiger partial charge in [-0.3, -0.25) is 14.9 Å². The Morgan fingerprint density at radius 2 is 1.88 bits per heavy atom. The number of H-pyrrole nitrogens is 2. The number of amides is 1. The van der Waals surface area contributed by atoms with Gasteiger partial charge in [-0.15, -0.1) is 0 Å². The number of esters is 1. The van der Waals surface area contributed by atoms with Crippen LogP contribution in [0.2, 0.25) is 0 Å². The molecule has 0 saturated carbocycles. The molecule has 0 spiro atoms. The molecule has 1 aromatic heterocycles. The van der Waals surface area contributed by atoms with Crippen LogP contribution in [0.3, 0.4) is 0 Å². The van der Waals surface area contributed by atoms with Crippen molar-refractivity contribution in [2.45, 2.75) is 0 Å². The number of aromatic amines is 2. The molecule has 0 unspecified atom stereocenters. The SMILES string of the molecule is O=C(COC(=O)c1cc([N+](=O)[O-])ccc1N1CCOCC1)Nc1ccc2[nH]c(=O)[nH]c2c1. The van der Waals surface area contributed by atoms with Gasteiger partial charge in [0.2, 0.25) is 0 Å². The molecule has 12 nitrogen and oxygen atoms in total. The first-order valence-electron chi connectivity index (χ1n) is 9.71. The van der Waals surface area contributed by atoms with Gasteiger partial charge in [0.25, 0.3) is 11.6 Å². The highest BCUT2D eigenvalue weighted by molar-refractivity contribution is 5.99. The maximum absolute atomic E-state index is 12.7. The van der Waals surface area contributed by atoms with Gasteiger partial charge in [0.15, 0.2) is 6.61 Å². The van der Waals surface area contributed by atoms with Crippen LogP contribution in [0.5, 0.6) is 0 Å². The van der Waals surface area contributed by atoms with Crippen LogP contribution in [-0.2, 0) is 14.3 Å². The third kappa shape index (κ3) is 4.59. The average molecular weight is 441 g/mol. The van der Waals surface area contributed by atoms with Gasteiger partial charge in [0, 0.05) is 30.9 Å². The minimum atomic E-state index is -0.851. The van der Waals surface area contributed by atoms with Crippen LogP contribution in [0.4, 0.5) is 17.1 Å². The molecule has 2 heterocycles. The molecule has 32 heavy (non-hydrogen) atoms. The van der Waals surface area contributed by atoms with E-state index in [0.29, 0.717) is 48.7 Å². The summed E-state index contributed by atoms with van der Waals surface area (Å²) < 4.78 is 10.4. The van der Waals surface area contributed by atoms with Crippen molar-refractivity contribution >= 4 is 40.0 Å². The second kappa shape index (κ2) is 8.89. The fraction of sp³-hybridized carbons (Fsp3) is 0.250. The maximum Gasteiger partial charge on any atom is 0.341 e. The van der Waals surface area contributed by atoms with Gasteiger partial charge in [0.1, 0.15) is 0 Å². The molecule has 1 fully saturated rings. The van der Waals surface area contributed by atoms with E-state index in [9.17, 15) is 24.5 Å². The van der Waals surface area contributed by atoms with Crippen LogP contribution in [0, 0.1) is 10.1 Å². The molecule has 12 heteroatoms. The maximum atomic E-state index is 12.7. The first-order chi connectivity index (χ1) is 15.4. The van der Waals surface area contributed by atoms with E-state index < -0.39 is 23.4 Å². The lowest BCUT2D eigenvalue weighted by atomic mass is 10.1. The van der Waals surface area contributed by atoms with Crippen molar-refractivity contribution in [3.8, 4) is 0 Å². The second-order valence-electron chi connectivity index (χ2n) is 7.02. The first-order valence-corrected chi connectivity index (χ1v) is 9.71. The molecule has 0 aliphatic carbocycles. The van der Waals surface area contributed by atoms with Crippen molar-refractivity contribution in [1.82, 2.24) is 9.97 Å². The number of non-ortho nitro benzene ring substituents is 1. The lowest BCUT2D eigenvalue weighted by molar-refractivity contribution is -0.384. The molecule has 2 aromatic carbocycles. The fourth-order valence-corrected chi connectivity index (χ4v) is 3.40. The minimum Gasteiger partial charge on any atom is -0.452 e. The molecule has 3 aromatic rings. The Morgan fingerprint density at radius 3 is 2.62 bits per heavy atom. The number of nitro groups is 1. The molecular formula is C20H19N5O7. The molecule has 3 N–H and O–H groups in total. The van der Waals surface area contributed by atoms with Gasteiger partial charge in [-0.1, -0.05) is 0 Å². The topological polar surface area (TPSA) is 160 Å². The predicted molar refractivity (Wildman–Crippen MR) is 114 cm³/mol. The molecular weight excluding hydrogens is 422 g/mol. The minimum absolute atomic E-state index is 0.000201. The van der Waals surface area contributed by atoms with Crippen LogP contribution in [0.25, 0.3) is 11.0 Å². The number of hydrogen-bond donors (Lipinski definition) is 3. The zero-order chi connectivity index (χ0) is 22.7. The molecule has 0 bridgehead atoms. The summed E-state index contributed by atoms with van der Waals surface area (Å²) in [6.07, 6.45) is 0.